The third-order valence-corrected chi connectivity index (χ3v) is 2.35. The smallest absolute Gasteiger partial charge is 0.252 e. The molecule has 0 aliphatic rings. The molecule has 0 N–H and O–H groups in total. The van der Waals surface area contributed by atoms with E-state index in [1.165, 1.54) is 0 Å². The van der Waals surface area contributed by atoms with E-state index >= 15 is 0 Å². The van der Waals surface area contributed by atoms with Crippen molar-refractivity contribution in [3.8, 4) is 11.3 Å². The molecule has 0 atom stereocenters. The maximum absolute atomic E-state index is 10.8. The average molecular weight is 221 g/mol. The first kappa shape index (κ1) is 9.99. The summed E-state index contributed by atoms with van der Waals surface area (Å²) in [4.78, 5) is 10.8. The molecule has 0 aliphatic heterocycles. The second-order valence-electron chi connectivity index (χ2n) is 3.26. The molecule has 0 radical (unpaired) electrons. The van der Waals surface area contributed by atoms with Crippen LogP contribution in [0.3, 0.4) is 0 Å². The van der Waals surface area contributed by atoms with E-state index in [0.29, 0.717) is 5.56 Å². The Labute approximate surface area is 92.5 Å². The molecular weight excluding hydrogens is 212 g/mol. The lowest BCUT2D eigenvalue weighted by atomic mass is 10.1. The Morgan fingerprint density at radius 2 is 1.80 bits per heavy atom. The molecule has 0 fully saturated rings. The van der Waals surface area contributed by atoms with Crippen LogP contribution in [0.1, 0.15) is 16.1 Å². The Morgan fingerprint density at radius 1 is 1.13 bits per heavy atom. The van der Waals surface area contributed by atoms with Crippen molar-refractivity contribution in [2.24, 2.45) is 0 Å². The zero-order valence-electron chi connectivity index (χ0n) is 8.16. The van der Waals surface area contributed by atoms with E-state index in [1.54, 1.807) is 12.1 Å². The molecule has 15 heavy (non-hydrogen) atoms. The molecule has 2 aromatic rings. The van der Waals surface area contributed by atoms with Crippen molar-refractivity contribution in [3.63, 3.8) is 0 Å². The number of rotatable bonds is 2. The van der Waals surface area contributed by atoms with Gasteiger partial charge in [-0.15, -0.1) is 0 Å². The fraction of sp³-hybridized carbons (Fsp3) is 0.0833. The molecule has 0 bridgehead atoms. The summed E-state index contributed by atoms with van der Waals surface area (Å²) in [6, 6.07) is 10.8. The highest BCUT2D eigenvalue weighted by molar-refractivity contribution is 6.67. The second kappa shape index (κ2) is 3.91. The fourth-order valence-electron chi connectivity index (χ4n) is 1.36. The first-order chi connectivity index (χ1) is 7.16. The highest BCUT2D eigenvalue weighted by atomic mass is 35.5. The van der Waals surface area contributed by atoms with Gasteiger partial charge in [0, 0.05) is 11.1 Å². The van der Waals surface area contributed by atoms with Crippen molar-refractivity contribution in [2.75, 3.05) is 0 Å². The van der Waals surface area contributed by atoms with Crippen LogP contribution in [0.5, 0.6) is 0 Å². The number of carbonyl (C=O) groups excluding carboxylic acids is 1. The van der Waals surface area contributed by atoms with Gasteiger partial charge in [0.1, 0.15) is 11.5 Å². The summed E-state index contributed by atoms with van der Waals surface area (Å²) >= 11 is 5.34. The van der Waals surface area contributed by atoms with E-state index in [4.69, 9.17) is 16.0 Å². The van der Waals surface area contributed by atoms with Crippen LogP contribution in [-0.4, -0.2) is 5.24 Å². The predicted octanol–water partition coefficient (Wildman–Crippen LogP) is 3.63. The lowest BCUT2D eigenvalue weighted by molar-refractivity contribution is 0.108. The fourth-order valence-corrected chi connectivity index (χ4v) is 1.48. The number of furan rings is 1. The molecular formula is C12H9ClO2. The molecule has 2 rings (SSSR count). The Kier molecular flexibility index (Phi) is 2.60. The first-order valence-electron chi connectivity index (χ1n) is 4.53. The van der Waals surface area contributed by atoms with Gasteiger partial charge in [-0.3, -0.25) is 4.79 Å². The minimum absolute atomic E-state index is 0.447. The summed E-state index contributed by atoms with van der Waals surface area (Å²) < 4.78 is 5.45. The van der Waals surface area contributed by atoms with Crippen LogP contribution in [0, 0.1) is 6.92 Å². The van der Waals surface area contributed by atoms with Crippen LogP contribution in [0.25, 0.3) is 11.3 Å². The molecule has 1 aromatic heterocycles. The Morgan fingerprint density at radius 3 is 2.27 bits per heavy atom. The van der Waals surface area contributed by atoms with Gasteiger partial charge in [-0.05, 0) is 42.8 Å². The van der Waals surface area contributed by atoms with Crippen molar-refractivity contribution >= 4 is 16.8 Å². The summed E-state index contributed by atoms with van der Waals surface area (Å²) in [6.45, 7) is 1.89. The quantitative estimate of drug-likeness (QED) is 0.724. The van der Waals surface area contributed by atoms with Crippen LogP contribution in [0.15, 0.2) is 40.8 Å². The van der Waals surface area contributed by atoms with E-state index in [9.17, 15) is 4.79 Å². The Bertz CT molecular complexity index is 483. The molecule has 0 saturated carbocycles. The zero-order chi connectivity index (χ0) is 10.8. The van der Waals surface area contributed by atoms with Crippen LogP contribution in [-0.2, 0) is 0 Å². The van der Waals surface area contributed by atoms with Crippen LogP contribution in [0.4, 0.5) is 0 Å². The zero-order valence-corrected chi connectivity index (χ0v) is 8.91. The van der Waals surface area contributed by atoms with Gasteiger partial charge in [-0.25, -0.2) is 0 Å². The third kappa shape index (κ3) is 2.10. The number of halogens is 1. The standard InChI is InChI=1S/C12H9ClO2/c1-8-2-7-11(15-8)9-3-5-10(6-4-9)12(13)14/h2-7H,1H3. The number of benzene rings is 1. The van der Waals surface area contributed by atoms with Gasteiger partial charge >= 0.3 is 0 Å². The van der Waals surface area contributed by atoms with Crippen LogP contribution < -0.4 is 0 Å². The molecule has 0 spiro atoms. The van der Waals surface area contributed by atoms with Gasteiger partial charge in [0.25, 0.3) is 5.24 Å². The highest BCUT2D eigenvalue weighted by Gasteiger charge is 2.04. The molecule has 3 heteroatoms. The van der Waals surface area contributed by atoms with Crippen molar-refractivity contribution in [1.82, 2.24) is 0 Å². The third-order valence-electron chi connectivity index (χ3n) is 2.14. The minimum Gasteiger partial charge on any atom is -0.461 e. The predicted molar refractivity (Wildman–Crippen MR) is 59.1 cm³/mol. The average Bonchev–Trinajstić information content (AvgIpc) is 2.65. The minimum atomic E-state index is -0.447. The normalized spacial score (nSPS) is 10.3. The van der Waals surface area contributed by atoms with E-state index < -0.39 is 5.24 Å². The van der Waals surface area contributed by atoms with E-state index in [-0.39, 0.29) is 0 Å². The van der Waals surface area contributed by atoms with Crippen LogP contribution >= 0.6 is 11.6 Å². The summed E-state index contributed by atoms with van der Waals surface area (Å²) in [6.07, 6.45) is 0. The van der Waals surface area contributed by atoms with Crippen LogP contribution in [0.2, 0.25) is 0 Å². The van der Waals surface area contributed by atoms with Gasteiger partial charge in [-0.1, -0.05) is 12.1 Å². The van der Waals surface area contributed by atoms with Crippen molar-refractivity contribution in [3.05, 3.63) is 47.7 Å². The maximum Gasteiger partial charge on any atom is 0.252 e. The summed E-state index contributed by atoms with van der Waals surface area (Å²) in [7, 11) is 0. The maximum atomic E-state index is 10.8. The molecule has 0 saturated heterocycles. The summed E-state index contributed by atoms with van der Waals surface area (Å²) in [5.74, 6) is 1.66. The van der Waals surface area contributed by atoms with Crippen molar-refractivity contribution in [2.45, 2.75) is 6.92 Å². The molecule has 1 aromatic carbocycles. The van der Waals surface area contributed by atoms with Crippen molar-refractivity contribution < 1.29 is 9.21 Å². The van der Waals surface area contributed by atoms with Gasteiger partial charge in [0.05, 0.1) is 0 Å². The van der Waals surface area contributed by atoms with Gasteiger partial charge in [-0.2, -0.15) is 0 Å². The Balaban J connectivity index is 2.35. The SMILES string of the molecule is Cc1ccc(-c2ccc(C(=O)Cl)cc2)o1. The molecule has 0 unspecified atom stereocenters. The topological polar surface area (TPSA) is 30.2 Å². The summed E-state index contributed by atoms with van der Waals surface area (Å²) in [5, 5.41) is -0.447. The largest absolute Gasteiger partial charge is 0.461 e. The molecule has 2 nitrogen and oxygen atoms in total. The second-order valence-corrected chi connectivity index (χ2v) is 3.60. The molecule has 1 heterocycles. The molecule has 0 aliphatic carbocycles. The van der Waals surface area contributed by atoms with Gasteiger partial charge < -0.3 is 4.42 Å². The van der Waals surface area contributed by atoms with Gasteiger partial charge in [0.2, 0.25) is 0 Å². The number of aryl methyl sites for hydroxylation is 1. The van der Waals surface area contributed by atoms with Gasteiger partial charge in [0.15, 0.2) is 0 Å². The summed E-state index contributed by atoms with van der Waals surface area (Å²) in [5.41, 5.74) is 1.42. The number of hydrogen-bond donors (Lipinski definition) is 0. The van der Waals surface area contributed by atoms with E-state index in [1.807, 2.05) is 31.2 Å². The lowest BCUT2D eigenvalue weighted by Crippen LogP contribution is -1.87. The first-order valence-corrected chi connectivity index (χ1v) is 4.91. The number of hydrogen-bond acceptors (Lipinski definition) is 2. The monoisotopic (exact) mass is 220 g/mol. The van der Waals surface area contributed by atoms with Crippen molar-refractivity contribution in [1.29, 1.82) is 0 Å². The Hall–Kier alpha value is -1.54. The van der Waals surface area contributed by atoms with E-state index in [2.05, 4.69) is 0 Å². The highest BCUT2D eigenvalue weighted by Crippen LogP contribution is 2.22. The van der Waals surface area contributed by atoms with E-state index in [0.717, 1.165) is 17.1 Å². The molecule has 0 amide bonds. The number of carbonyl (C=O) groups is 1. The molecule has 76 valence electrons. The lowest BCUT2D eigenvalue weighted by Gasteiger charge is -1.97.